The highest BCUT2D eigenvalue weighted by Gasteiger charge is 2.31. The largest absolute Gasteiger partial charge is 0.494 e. The summed E-state index contributed by atoms with van der Waals surface area (Å²) in [5.74, 6) is -1.70. The van der Waals surface area contributed by atoms with Crippen LogP contribution in [0.15, 0.2) is 12.1 Å². The number of aliphatic carboxylic acids is 1. The zero-order valence-electron chi connectivity index (χ0n) is 8.14. The van der Waals surface area contributed by atoms with Crippen LogP contribution < -0.4 is 10.2 Å². The lowest BCUT2D eigenvalue weighted by Gasteiger charge is -2.06. The van der Waals surface area contributed by atoms with Crippen molar-refractivity contribution in [1.82, 2.24) is 0 Å². The number of rotatable bonds is 3. The lowest BCUT2D eigenvalue weighted by Crippen LogP contribution is -2.31. The molecule has 0 spiro atoms. The molecule has 0 aliphatic carbocycles. The third-order valence-corrected chi connectivity index (χ3v) is 2.19. The van der Waals surface area contributed by atoms with Crippen LogP contribution in [-0.4, -0.2) is 29.8 Å². The SMILES string of the molecule is O=C(O)COc1cc(F)c2c(c1)COB2O. The van der Waals surface area contributed by atoms with Gasteiger partial charge in [-0.3, -0.25) is 0 Å². The molecule has 1 aliphatic heterocycles. The van der Waals surface area contributed by atoms with E-state index in [9.17, 15) is 14.2 Å². The Balaban J connectivity index is 2.24. The van der Waals surface area contributed by atoms with Gasteiger partial charge in [0, 0.05) is 11.5 Å². The Labute approximate surface area is 90.6 Å². The molecule has 0 saturated heterocycles. The minimum absolute atomic E-state index is 0.0810. The maximum Gasteiger partial charge on any atom is 0.494 e. The molecule has 0 saturated carbocycles. The summed E-state index contributed by atoms with van der Waals surface area (Å²) in [6, 6.07) is 2.48. The van der Waals surface area contributed by atoms with Gasteiger partial charge in [-0.2, -0.15) is 0 Å². The van der Waals surface area contributed by atoms with E-state index in [2.05, 4.69) is 0 Å². The molecule has 2 N–H and O–H groups in total. The Morgan fingerprint density at radius 2 is 2.38 bits per heavy atom. The van der Waals surface area contributed by atoms with Gasteiger partial charge < -0.3 is 19.5 Å². The standard InChI is InChI=1S/C9H8BFO5/c11-7-2-6(15-4-8(12)13)1-5-3-16-10(14)9(5)7/h1-2,14H,3-4H2,(H,12,13). The normalized spacial score (nSPS) is 13.8. The van der Waals surface area contributed by atoms with Crippen LogP contribution in [0, 0.1) is 5.82 Å². The van der Waals surface area contributed by atoms with Crippen molar-refractivity contribution in [3.8, 4) is 5.75 Å². The van der Waals surface area contributed by atoms with Crippen molar-refractivity contribution < 1.29 is 28.7 Å². The van der Waals surface area contributed by atoms with E-state index < -0.39 is 25.5 Å². The molecule has 5 nitrogen and oxygen atoms in total. The molecule has 0 amide bonds. The first-order valence-electron chi connectivity index (χ1n) is 4.54. The minimum atomic E-state index is -1.26. The third-order valence-electron chi connectivity index (χ3n) is 2.19. The molecule has 1 aromatic carbocycles. The van der Waals surface area contributed by atoms with E-state index in [1.54, 1.807) is 0 Å². The summed E-state index contributed by atoms with van der Waals surface area (Å²) >= 11 is 0. The smallest absolute Gasteiger partial charge is 0.482 e. The fourth-order valence-electron chi connectivity index (χ4n) is 1.52. The number of hydrogen-bond acceptors (Lipinski definition) is 4. The molecule has 1 aliphatic rings. The topological polar surface area (TPSA) is 76.0 Å². The molecule has 7 heteroatoms. The van der Waals surface area contributed by atoms with Crippen molar-refractivity contribution in [3.63, 3.8) is 0 Å². The first-order chi connectivity index (χ1) is 7.58. The lowest BCUT2D eigenvalue weighted by atomic mass is 9.79. The second-order valence-corrected chi connectivity index (χ2v) is 3.32. The second kappa shape index (κ2) is 4.11. The molecule has 2 rings (SSSR count). The van der Waals surface area contributed by atoms with Crippen LogP contribution in [0.5, 0.6) is 5.75 Å². The molecule has 0 bridgehead atoms. The summed E-state index contributed by atoms with van der Waals surface area (Å²) in [6.07, 6.45) is 0. The fourth-order valence-corrected chi connectivity index (χ4v) is 1.52. The minimum Gasteiger partial charge on any atom is -0.482 e. The molecule has 0 atom stereocenters. The van der Waals surface area contributed by atoms with Crippen molar-refractivity contribution in [2.45, 2.75) is 6.61 Å². The van der Waals surface area contributed by atoms with Gasteiger partial charge in [-0.25, -0.2) is 9.18 Å². The number of ether oxygens (including phenoxy) is 1. The van der Waals surface area contributed by atoms with Crippen LogP contribution in [0.25, 0.3) is 0 Å². The van der Waals surface area contributed by atoms with Gasteiger partial charge in [0.15, 0.2) is 6.61 Å². The van der Waals surface area contributed by atoms with Gasteiger partial charge in [-0.05, 0) is 11.6 Å². The van der Waals surface area contributed by atoms with E-state index in [1.807, 2.05) is 0 Å². The Bertz CT molecular complexity index is 436. The molecule has 16 heavy (non-hydrogen) atoms. The zero-order chi connectivity index (χ0) is 11.7. The first-order valence-corrected chi connectivity index (χ1v) is 4.54. The number of halogens is 1. The van der Waals surface area contributed by atoms with Gasteiger partial charge in [-0.15, -0.1) is 0 Å². The maximum absolute atomic E-state index is 13.5. The number of carboxylic acids is 1. The fraction of sp³-hybridized carbons (Fsp3) is 0.222. The summed E-state index contributed by atoms with van der Waals surface area (Å²) < 4.78 is 23.1. The van der Waals surface area contributed by atoms with Crippen LogP contribution in [0.4, 0.5) is 4.39 Å². The van der Waals surface area contributed by atoms with E-state index in [4.69, 9.17) is 14.5 Å². The molecule has 1 heterocycles. The summed E-state index contributed by atoms with van der Waals surface area (Å²) in [5.41, 5.74) is 0.551. The number of carboxylic acid groups (broad SMARTS) is 1. The molecule has 0 radical (unpaired) electrons. The zero-order valence-corrected chi connectivity index (χ0v) is 8.14. The number of benzene rings is 1. The van der Waals surface area contributed by atoms with Crippen LogP contribution >= 0.6 is 0 Å². The van der Waals surface area contributed by atoms with Gasteiger partial charge in [0.2, 0.25) is 0 Å². The summed E-state index contributed by atoms with van der Waals surface area (Å²) in [4.78, 5) is 10.3. The summed E-state index contributed by atoms with van der Waals surface area (Å²) in [7, 11) is -1.26. The van der Waals surface area contributed by atoms with Crippen LogP contribution in [0.1, 0.15) is 5.56 Å². The van der Waals surface area contributed by atoms with Crippen molar-refractivity contribution in [2.24, 2.45) is 0 Å². The monoisotopic (exact) mass is 226 g/mol. The van der Waals surface area contributed by atoms with E-state index >= 15 is 0 Å². The van der Waals surface area contributed by atoms with Gasteiger partial charge >= 0.3 is 13.1 Å². The molecular formula is C9H8BFO5. The number of hydrogen-bond donors (Lipinski definition) is 2. The molecule has 84 valence electrons. The number of carbonyl (C=O) groups is 1. The van der Waals surface area contributed by atoms with E-state index in [1.165, 1.54) is 6.07 Å². The summed E-state index contributed by atoms with van der Waals surface area (Å²) in [6.45, 7) is -0.459. The van der Waals surface area contributed by atoms with Crippen molar-refractivity contribution in [3.05, 3.63) is 23.5 Å². The van der Waals surface area contributed by atoms with Crippen molar-refractivity contribution in [1.29, 1.82) is 0 Å². The number of fused-ring (bicyclic) bond motifs is 1. The molecular weight excluding hydrogens is 218 g/mol. The Morgan fingerprint density at radius 1 is 1.62 bits per heavy atom. The predicted molar refractivity (Wildman–Crippen MR) is 51.9 cm³/mol. The molecule has 0 aromatic heterocycles. The quantitative estimate of drug-likeness (QED) is 0.680. The van der Waals surface area contributed by atoms with Gasteiger partial charge in [-0.1, -0.05) is 0 Å². The van der Waals surface area contributed by atoms with Crippen LogP contribution in [-0.2, 0) is 16.1 Å². The Kier molecular flexibility index (Phi) is 2.80. The van der Waals surface area contributed by atoms with Gasteiger partial charge in [0.25, 0.3) is 0 Å². The Morgan fingerprint density at radius 3 is 3.06 bits per heavy atom. The highest BCUT2D eigenvalue weighted by molar-refractivity contribution is 6.61. The lowest BCUT2D eigenvalue weighted by molar-refractivity contribution is -0.139. The maximum atomic E-state index is 13.5. The van der Waals surface area contributed by atoms with Crippen LogP contribution in [0.3, 0.4) is 0 Å². The molecule has 0 fully saturated rings. The second-order valence-electron chi connectivity index (χ2n) is 3.32. The highest BCUT2D eigenvalue weighted by atomic mass is 19.1. The first kappa shape index (κ1) is 10.9. The van der Waals surface area contributed by atoms with E-state index in [-0.39, 0.29) is 17.8 Å². The van der Waals surface area contributed by atoms with E-state index in [0.717, 1.165) is 6.07 Å². The van der Waals surface area contributed by atoms with E-state index in [0.29, 0.717) is 5.56 Å². The Hall–Kier alpha value is -1.60. The van der Waals surface area contributed by atoms with Gasteiger partial charge in [0.1, 0.15) is 11.6 Å². The van der Waals surface area contributed by atoms with Crippen LogP contribution in [0.2, 0.25) is 0 Å². The average Bonchev–Trinajstić information content (AvgIpc) is 2.58. The van der Waals surface area contributed by atoms with Crippen molar-refractivity contribution >= 4 is 18.6 Å². The molecule has 0 unspecified atom stereocenters. The molecule has 1 aromatic rings. The highest BCUT2D eigenvalue weighted by Crippen LogP contribution is 2.19. The predicted octanol–water partition coefficient (Wildman–Crippen LogP) is -0.493. The average molecular weight is 226 g/mol. The van der Waals surface area contributed by atoms with Crippen molar-refractivity contribution in [2.75, 3.05) is 6.61 Å². The summed E-state index contributed by atoms with van der Waals surface area (Å²) in [5, 5.41) is 17.7. The van der Waals surface area contributed by atoms with Gasteiger partial charge in [0.05, 0.1) is 6.61 Å². The third kappa shape index (κ3) is 2.00.